The van der Waals surface area contributed by atoms with Crippen LogP contribution >= 0.6 is 0 Å². The fourth-order valence-electron chi connectivity index (χ4n) is 4.20. The summed E-state index contributed by atoms with van der Waals surface area (Å²) < 4.78 is 0. The predicted molar refractivity (Wildman–Crippen MR) is 115 cm³/mol. The van der Waals surface area contributed by atoms with Gasteiger partial charge in [-0.25, -0.2) is 0 Å². The minimum Gasteiger partial charge on any atom is -0.0622 e. The lowest BCUT2D eigenvalue weighted by atomic mass is 9.91. The van der Waals surface area contributed by atoms with Crippen LogP contribution in [-0.4, -0.2) is 0 Å². The normalized spacial score (nSPS) is 18.6. The molecule has 0 amide bonds. The van der Waals surface area contributed by atoms with Crippen molar-refractivity contribution in [3.05, 3.63) is 108 Å². The topological polar surface area (TPSA) is 0 Å². The summed E-state index contributed by atoms with van der Waals surface area (Å²) in [4.78, 5) is 0. The van der Waals surface area contributed by atoms with Crippen LogP contribution < -0.4 is 0 Å². The number of hydrogen-bond donors (Lipinski definition) is 0. The van der Waals surface area contributed by atoms with Crippen LogP contribution in [-0.2, 0) is 6.42 Å². The molecule has 0 bridgehead atoms. The standard InChI is InChI=1S/C27H24/c1-19-15-25(19)27-18-24-10-6-5-9-23(24)17-26(27)22-13-11-21(12-14-22)16-20-7-3-2-4-8-20/h2-14,17-19,25H,15-16H2,1H3. The van der Waals surface area contributed by atoms with Gasteiger partial charge in [0.1, 0.15) is 0 Å². The van der Waals surface area contributed by atoms with Crippen molar-refractivity contribution in [3.63, 3.8) is 0 Å². The SMILES string of the molecule is CC1CC1c1cc2ccccc2cc1-c1ccc(Cc2ccccc2)cc1. The molecule has 0 heteroatoms. The van der Waals surface area contributed by atoms with Gasteiger partial charge in [-0.15, -0.1) is 0 Å². The first-order valence-corrected chi connectivity index (χ1v) is 9.94. The molecule has 4 aromatic rings. The maximum Gasteiger partial charge on any atom is -0.00258 e. The maximum atomic E-state index is 2.43. The van der Waals surface area contributed by atoms with Crippen LogP contribution in [0.3, 0.4) is 0 Å². The molecule has 0 heterocycles. The predicted octanol–water partition coefficient (Wildman–Crippen LogP) is 7.22. The van der Waals surface area contributed by atoms with Gasteiger partial charge in [-0.1, -0.05) is 91.9 Å². The lowest BCUT2D eigenvalue weighted by Crippen LogP contribution is -1.92. The fraction of sp³-hybridized carbons (Fsp3) is 0.185. The summed E-state index contributed by atoms with van der Waals surface area (Å²) in [6.45, 7) is 2.37. The Morgan fingerprint density at radius 3 is 1.96 bits per heavy atom. The van der Waals surface area contributed by atoms with E-state index in [0.29, 0.717) is 5.92 Å². The first kappa shape index (κ1) is 16.3. The Bertz CT molecular complexity index is 1070. The minimum atomic E-state index is 0.716. The van der Waals surface area contributed by atoms with E-state index in [0.717, 1.165) is 12.3 Å². The third kappa shape index (κ3) is 3.28. The summed E-state index contributed by atoms with van der Waals surface area (Å²) in [5.41, 5.74) is 7.01. The molecular formula is C27H24. The van der Waals surface area contributed by atoms with Gasteiger partial charge < -0.3 is 0 Å². The van der Waals surface area contributed by atoms with Crippen LogP contribution in [0.1, 0.15) is 36.0 Å². The van der Waals surface area contributed by atoms with Crippen molar-refractivity contribution in [2.24, 2.45) is 5.92 Å². The van der Waals surface area contributed by atoms with Crippen molar-refractivity contribution in [1.29, 1.82) is 0 Å². The van der Waals surface area contributed by atoms with Crippen LogP contribution in [0.5, 0.6) is 0 Å². The second-order valence-corrected chi connectivity index (χ2v) is 7.97. The molecule has 1 aliphatic carbocycles. The minimum absolute atomic E-state index is 0.716. The van der Waals surface area contributed by atoms with Gasteiger partial charge in [0.2, 0.25) is 0 Å². The van der Waals surface area contributed by atoms with Gasteiger partial charge in [0, 0.05) is 0 Å². The second kappa shape index (κ2) is 6.70. The lowest BCUT2D eigenvalue weighted by Gasteiger charge is -2.13. The molecule has 0 aliphatic heterocycles. The summed E-state index contributed by atoms with van der Waals surface area (Å²) in [5, 5.41) is 2.69. The summed E-state index contributed by atoms with van der Waals surface area (Å²) in [6, 6.07) is 33.4. The van der Waals surface area contributed by atoms with Crippen LogP contribution in [0.15, 0.2) is 91.0 Å². The van der Waals surface area contributed by atoms with E-state index in [9.17, 15) is 0 Å². The van der Waals surface area contributed by atoms with Gasteiger partial charge >= 0.3 is 0 Å². The van der Waals surface area contributed by atoms with Gasteiger partial charge in [-0.3, -0.25) is 0 Å². The third-order valence-corrected chi connectivity index (χ3v) is 5.94. The smallest absolute Gasteiger partial charge is 0.00258 e. The maximum absolute atomic E-state index is 2.43. The van der Waals surface area contributed by atoms with Gasteiger partial charge in [0.05, 0.1) is 0 Å². The average molecular weight is 348 g/mol. The van der Waals surface area contributed by atoms with Crippen LogP contribution in [0, 0.1) is 5.92 Å². The zero-order chi connectivity index (χ0) is 18.2. The first-order valence-electron chi connectivity index (χ1n) is 9.94. The molecule has 1 saturated carbocycles. The van der Waals surface area contributed by atoms with E-state index in [2.05, 4.69) is 97.9 Å². The molecule has 0 aromatic heterocycles. The number of fused-ring (bicyclic) bond motifs is 1. The van der Waals surface area contributed by atoms with E-state index in [-0.39, 0.29) is 0 Å². The van der Waals surface area contributed by atoms with Crippen molar-refractivity contribution in [1.82, 2.24) is 0 Å². The fourth-order valence-corrected chi connectivity index (χ4v) is 4.20. The monoisotopic (exact) mass is 348 g/mol. The molecule has 5 rings (SSSR count). The van der Waals surface area contributed by atoms with E-state index in [1.807, 2.05) is 0 Å². The second-order valence-electron chi connectivity index (χ2n) is 7.97. The Kier molecular flexibility index (Phi) is 4.05. The zero-order valence-electron chi connectivity index (χ0n) is 15.7. The molecule has 1 aliphatic rings. The third-order valence-electron chi connectivity index (χ3n) is 5.94. The molecule has 0 radical (unpaired) electrons. The Labute approximate surface area is 161 Å². The zero-order valence-corrected chi connectivity index (χ0v) is 15.7. The highest BCUT2D eigenvalue weighted by Crippen LogP contribution is 2.50. The summed E-state index contributed by atoms with van der Waals surface area (Å²) >= 11 is 0. The number of rotatable bonds is 4. The van der Waals surface area contributed by atoms with Crippen molar-refractivity contribution in [2.75, 3.05) is 0 Å². The van der Waals surface area contributed by atoms with Crippen molar-refractivity contribution < 1.29 is 0 Å². The van der Waals surface area contributed by atoms with Gasteiger partial charge in [-0.2, -0.15) is 0 Å². The van der Waals surface area contributed by atoms with Crippen molar-refractivity contribution in [3.8, 4) is 11.1 Å². The van der Waals surface area contributed by atoms with Crippen molar-refractivity contribution in [2.45, 2.75) is 25.7 Å². The molecule has 4 aromatic carbocycles. The number of hydrogen-bond acceptors (Lipinski definition) is 0. The van der Waals surface area contributed by atoms with E-state index in [1.54, 1.807) is 0 Å². The van der Waals surface area contributed by atoms with Gasteiger partial charge in [-0.05, 0) is 69.3 Å². The highest BCUT2D eigenvalue weighted by Gasteiger charge is 2.35. The van der Waals surface area contributed by atoms with E-state index in [1.165, 1.54) is 45.0 Å². The average Bonchev–Trinajstić information content (AvgIpc) is 3.45. The molecule has 2 unspecified atom stereocenters. The van der Waals surface area contributed by atoms with E-state index in [4.69, 9.17) is 0 Å². The van der Waals surface area contributed by atoms with E-state index < -0.39 is 0 Å². The molecule has 0 saturated heterocycles. The summed E-state index contributed by atoms with van der Waals surface area (Å²) in [6.07, 6.45) is 2.31. The summed E-state index contributed by atoms with van der Waals surface area (Å²) in [5.74, 6) is 1.52. The molecular weight excluding hydrogens is 324 g/mol. The molecule has 0 N–H and O–H groups in total. The highest BCUT2D eigenvalue weighted by molar-refractivity contribution is 5.89. The van der Waals surface area contributed by atoms with Crippen molar-refractivity contribution >= 4 is 10.8 Å². The lowest BCUT2D eigenvalue weighted by molar-refractivity contribution is 0.917. The molecule has 1 fully saturated rings. The largest absolute Gasteiger partial charge is 0.0622 e. The number of benzene rings is 4. The summed E-state index contributed by atoms with van der Waals surface area (Å²) in [7, 11) is 0. The van der Waals surface area contributed by atoms with Gasteiger partial charge in [0.15, 0.2) is 0 Å². The van der Waals surface area contributed by atoms with Gasteiger partial charge in [0.25, 0.3) is 0 Å². The Balaban J connectivity index is 1.52. The van der Waals surface area contributed by atoms with E-state index >= 15 is 0 Å². The highest BCUT2D eigenvalue weighted by atomic mass is 14.4. The van der Waals surface area contributed by atoms with Crippen LogP contribution in [0.2, 0.25) is 0 Å². The Morgan fingerprint density at radius 1 is 0.704 bits per heavy atom. The van der Waals surface area contributed by atoms with Crippen LogP contribution in [0.25, 0.3) is 21.9 Å². The van der Waals surface area contributed by atoms with Crippen LogP contribution in [0.4, 0.5) is 0 Å². The first-order chi connectivity index (χ1) is 13.3. The Morgan fingerprint density at radius 2 is 1.30 bits per heavy atom. The quantitative estimate of drug-likeness (QED) is 0.365. The molecule has 27 heavy (non-hydrogen) atoms. The molecule has 0 spiro atoms. The molecule has 132 valence electrons. The molecule has 0 nitrogen and oxygen atoms in total. The Hall–Kier alpha value is -2.86. The molecule has 2 atom stereocenters.